The summed E-state index contributed by atoms with van der Waals surface area (Å²) in [6.45, 7) is 3.70. The maximum absolute atomic E-state index is 12.7. The quantitative estimate of drug-likeness (QED) is 0.499. The van der Waals surface area contributed by atoms with Crippen LogP contribution < -0.4 is 10.1 Å². The van der Waals surface area contributed by atoms with Gasteiger partial charge in [-0.05, 0) is 78.0 Å². The second kappa shape index (κ2) is 10.3. The van der Waals surface area contributed by atoms with Crippen LogP contribution in [-0.4, -0.2) is 49.1 Å². The molecule has 2 aromatic rings. The molecule has 1 N–H and O–H groups in total. The van der Waals surface area contributed by atoms with E-state index in [0.717, 1.165) is 12.8 Å². The molecule has 2 amide bonds. The van der Waals surface area contributed by atoms with E-state index in [-0.39, 0.29) is 24.2 Å². The number of nitrogens with one attached hydrogen (secondary N) is 1. The fourth-order valence-corrected chi connectivity index (χ4v) is 3.50. The highest BCUT2D eigenvalue weighted by Gasteiger charge is 2.24. The van der Waals surface area contributed by atoms with Crippen molar-refractivity contribution < 1.29 is 28.3 Å². The van der Waals surface area contributed by atoms with E-state index in [9.17, 15) is 14.4 Å². The predicted octanol–water partition coefficient (Wildman–Crippen LogP) is 3.86. The molecule has 0 saturated carbocycles. The first-order valence-electron chi connectivity index (χ1n) is 9.73. The van der Waals surface area contributed by atoms with Gasteiger partial charge >= 0.3 is 6.16 Å². The highest BCUT2D eigenvalue weighted by atomic mass is 79.9. The maximum atomic E-state index is 12.7. The number of likely N-dealkylation sites (tertiary alicyclic amines) is 1. The molecule has 0 bridgehead atoms. The van der Waals surface area contributed by atoms with Crippen LogP contribution in [-0.2, 0) is 4.74 Å². The molecule has 0 unspecified atom stereocenters. The Labute approximate surface area is 182 Å². The second-order valence-corrected chi connectivity index (χ2v) is 7.64. The number of carbonyl (C=O) groups excluding carboxylic acids is 3. The molecule has 8 nitrogen and oxygen atoms in total. The van der Waals surface area contributed by atoms with E-state index in [0.29, 0.717) is 41.5 Å². The Morgan fingerprint density at radius 1 is 1.13 bits per heavy atom. The summed E-state index contributed by atoms with van der Waals surface area (Å²) in [7, 11) is 0. The Morgan fingerprint density at radius 3 is 2.43 bits per heavy atom. The van der Waals surface area contributed by atoms with Gasteiger partial charge in [0.2, 0.25) is 0 Å². The third kappa shape index (κ3) is 5.85. The first-order chi connectivity index (χ1) is 14.5. The molecule has 160 valence electrons. The molecule has 2 heterocycles. The zero-order valence-corrected chi connectivity index (χ0v) is 18.1. The number of benzene rings is 1. The molecule has 1 saturated heterocycles. The van der Waals surface area contributed by atoms with Crippen molar-refractivity contribution in [2.45, 2.75) is 19.8 Å². The molecule has 0 spiro atoms. The minimum absolute atomic E-state index is 0.0689. The lowest BCUT2D eigenvalue weighted by atomic mass is 9.96. The molecule has 1 aliphatic heterocycles. The van der Waals surface area contributed by atoms with E-state index >= 15 is 0 Å². The zero-order chi connectivity index (χ0) is 21.5. The van der Waals surface area contributed by atoms with Crippen molar-refractivity contribution in [2.75, 3.05) is 26.2 Å². The number of amides is 2. The topological polar surface area (TPSA) is 98.1 Å². The molecule has 0 aliphatic carbocycles. The Kier molecular flexibility index (Phi) is 7.51. The normalized spacial score (nSPS) is 14.3. The van der Waals surface area contributed by atoms with E-state index in [1.54, 1.807) is 48.2 Å². The average molecular weight is 479 g/mol. The maximum Gasteiger partial charge on any atom is 0.513 e. The molecule has 1 fully saturated rings. The third-order valence-electron chi connectivity index (χ3n) is 4.81. The number of hydrogen-bond donors (Lipinski definition) is 1. The molecule has 1 aromatic heterocycles. The van der Waals surface area contributed by atoms with Gasteiger partial charge < -0.3 is 24.1 Å². The van der Waals surface area contributed by atoms with Crippen LogP contribution in [0.3, 0.4) is 0 Å². The summed E-state index contributed by atoms with van der Waals surface area (Å²) >= 11 is 3.18. The van der Waals surface area contributed by atoms with Gasteiger partial charge in [0.1, 0.15) is 5.75 Å². The zero-order valence-electron chi connectivity index (χ0n) is 16.6. The van der Waals surface area contributed by atoms with Crippen molar-refractivity contribution in [3.63, 3.8) is 0 Å². The number of nitrogens with zero attached hydrogens (tertiary/aromatic N) is 1. The molecule has 9 heteroatoms. The van der Waals surface area contributed by atoms with Crippen molar-refractivity contribution >= 4 is 33.9 Å². The summed E-state index contributed by atoms with van der Waals surface area (Å²) in [4.78, 5) is 37.9. The van der Waals surface area contributed by atoms with Crippen LogP contribution in [0.25, 0.3) is 0 Å². The fourth-order valence-electron chi connectivity index (χ4n) is 3.19. The van der Waals surface area contributed by atoms with Crippen molar-refractivity contribution in [2.24, 2.45) is 5.92 Å². The molecule has 0 radical (unpaired) electrons. The number of furan rings is 1. The van der Waals surface area contributed by atoms with Crippen molar-refractivity contribution in [3.8, 4) is 5.75 Å². The summed E-state index contributed by atoms with van der Waals surface area (Å²) in [5, 5.41) is 2.88. The van der Waals surface area contributed by atoms with Crippen LogP contribution in [0.15, 0.2) is 45.5 Å². The molecule has 1 aliphatic rings. The van der Waals surface area contributed by atoms with E-state index in [4.69, 9.17) is 13.9 Å². The van der Waals surface area contributed by atoms with Gasteiger partial charge in [0.15, 0.2) is 10.4 Å². The van der Waals surface area contributed by atoms with Gasteiger partial charge in [-0.1, -0.05) is 0 Å². The van der Waals surface area contributed by atoms with Gasteiger partial charge in [0.25, 0.3) is 11.8 Å². The first-order valence-corrected chi connectivity index (χ1v) is 10.5. The number of piperidine rings is 1. The molecular formula is C21H23BrN2O6. The number of carbonyl (C=O) groups is 3. The predicted molar refractivity (Wildman–Crippen MR) is 111 cm³/mol. The summed E-state index contributed by atoms with van der Waals surface area (Å²) in [5.74, 6) is 0.578. The van der Waals surface area contributed by atoms with Crippen LogP contribution in [0.2, 0.25) is 0 Å². The van der Waals surface area contributed by atoms with Crippen LogP contribution in [0, 0.1) is 5.92 Å². The van der Waals surface area contributed by atoms with Gasteiger partial charge in [-0.2, -0.15) is 0 Å². The smallest absolute Gasteiger partial charge is 0.444 e. The monoisotopic (exact) mass is 478 g/mol. The van der Waals surface area contributed by atoms with E-state index in [1.807, 2.05) is 0 Å². The minimum Gasteiger partial charge on any atom is -0.444 e. The van der Waals surface area contributed by atoms with Crippen molar-refractivity contribution in [1.82, 2.24) is 10.2 Å². The van der Waals surface area contributed by atoms with Gasteiger partial charge in [-0.25, -0.2) is 4.79 Å². The van der Waals surface area contributed by atoms with Crippen LogP contribution >= 0.6 is 15.9 Å². The van der Waals surface area contributed by atoms with E-state index < -0.39 is 6.16 Å². The van der Waals surface area contributed by atoms with Gasteiger partial charge in [0.05, 0.1) is 6.61 Å². The molecule has 0 atom stereocenters. The standard InChI is InChI=1S/C21H23BrN2O6/c1-2-28-21(27)29-16-5-3-15(4-6-16)20(26)24-11-9-14(10-12-24)13-23-19(25)17-7-8-18(22)30-17/h3-8,14H,2,9-13H2,1H3,(H,23,25). The van der Waals surface area contributed by atoms with E-state index in [2.05, 4.69) is 21.2 Å². The van der Waals surface area contributed by atoms with Gasteiger partial charge in [-0.15, -0.1) is 0 Å². The average Bonchev–Trinajstić information content (AvgIpc) is 3.19. The Balaban J connectivity index is 1.44. The Hall–Kier alpha value is -2.81. The lowest BCUT2D eigenvalue weighted by Gasteiger charge is -2.32. The van der Waals surface area contributed by atoms with E-state index in [1.165, 1.54) is 0 Å². The van der Waals surface area contributed by atoms with Crippen LogP contribution in [0.1, 0.15) is 40.7 Å². The number of halogens is 1. The SMILES string of the molecule is CCOC(=O)Oc1ccc(C(=O)N2CCC(CNC(=O)c3ccc(Br)o3)CC2)cc1. The number of rotatable bonds is 6. The first kappa shape index (κ1) is 21.9. The van der Waals surface area contributed by atoms with Crippen molar-refractivity contribution in [3.05, 3.63) is 52.4 Å². The molecule has 1 aromatic carbocycles. The Morgan fingerprint density at radius 2 is 1.83 bits per heavy atom. The van der Waals surface area contributed by atoms with Crippen LogP contribution in [0.4, 0.5) is 4.79 Å². The molecule has 30 heavy (non-hydrogen) atoms. The second-order valence-electron chi connectivity index (χ2n) is 6.86. The van der Waals surface area contributed by atoms with Crippen LogP contribution in [0.5, 0.6) is 5.75 Å². The van der Waals surface area contributed by atoms with Gasteiger partial charge in [0, 0.05) is 25.2 Å². The molecular weight excluding hydrogens is 456 g/mol. The third-order valence-corrected chi connectivity index (χ3v) is 5.24. The highest BCUT2D eigenvalue weighted by molar-refractivity contribution is 9.10. The lowest BCUT2D eigenvalue weighted by Crippen LogP contribution is -2.41. The number of ether oxygens (including phenoxy) is 2. The summed E-state index contributed by atoms with van der Waals surface area (Å²) < 4.78 is 15.5. The van der Waals surface area contributed by atoms with Crippen molar-refractivity contribution in [1.29, 1.82) is 0 Å². The Bertz CT molecular complexity index is 887. The largest absolute Gasteiger partial charge is 0.513 e. The summed E-state index contributed by atoms with van der Waals surface area (Å²) in [6, 6.07) is 9.69. The summed E-state index contributed by atoms with van der Waals surface area (Å²) in [6.07, 6.45) is 0.834. The molecule has 3 rings (SSSR count). The lowest BCUT2D eigenvalue weighted by molar-refractivity contribution is 0.0683. The highest BCUT2D eigenvalue weighted by Crippen LogP contribution is 2.21. The van der Waals surface area contributed by atoms with Gasteiger partial charge in [-0.3, -0.25) is 9.59 Å². The number of hydrogen-bond acceptors (Lipinski definition) is 6. The summed E-state index contributed by atoms with van der Waals surface area (Å²) in [5.41, 5.74) is 0.529. The fraction of sp³-hybridized carbons (Fsp3) is 0.381. The minimum atomic E-state index is -0.773.